The maximum absolute atomic E-state index is 11.8. The van der Waals surface area contributed by atoms with Crippen LogP contribution in [0.4, 0.5) is 5.69 Å². The van der Waals surface area contributed by atoms with Crippen molar-refractivity contribution < 1.29 is 14.5 Å². The molecule has 1 N–H and O–H groups in total. The minimum atomic E-state index is -0.323. The molecule has 0 saturated carbocycles. The van der Waals surface area contributed by atoms with Gasteiger partial charge in [-0.05, 0) is 75.1 Å². The lowest BCUT2D eigenvalue weighted by atomic mass is 9.69. The Labute approximate surface area is 194 Å². The first kappa shape index (κ1) is 22.3. The average Bonchev–Trinajstić information content (AvgIpc) is 3.22. The number of non-ortho nitro benzene ring substituents is 1. The number of methoxy groups -OCH3 is 1. The number of aromatic amines is 1. The number of H-pyrrole nitrogens is 1. The molecular weight excluding hydrogens is 420 g/mol. The molecule has 1 aromatic heterocycles. The van der Waals surface area contributed by atoms with Crippen LogP contribution in [0.3, 0.4) is 0 Å². The zero-order valence-corrected chi connectivity index (χ0v) is 19.4. The summed E-state index contributed by atoms with van der Waals surface area (Å²) in [7, 11) is 1.46. The highest BCUT2D eigenvalue weighted by Crippen LogP contribution is 2.44. The van der Waals surface area contributed by atoms with Gasteiger partial charge in [-0.1, -0.05) is 0 Å². The topological polar surface area (TPSA) is 91.7 Å². The van der Waals surface area contributed by atoms with Gasteiger partial charge in [0.15, 0.2) is 0 Å². The standard InChI is InChI=1S/C25H34N4O4/c1-33-24(30)8-2-7-23-20-6-4-12-27-11-3-5-17(25(20)27)15-28(23)16-18-14-26-22-10-9-19(29(31)32)13-21(18)22/h9-10,13-14,17,20,23,25-26H,2-8,11-12,15-16H2,1H3/t17-,20-,23-,25+/m1/s1. The molecule has 8 heteroatoms. The van der Waals surface area contributed by atoms with Gasteiger partial charge in [-0.2, -0.15) is 0 Å². The van der Waals surface area contributed by atoms with E-state index in [1.54, 1.807) is 18.2 Å². The van der Waals surface area contributed by atoms with Gasteiger partial charge in [-0.3, -0.25) is 24.7 Å². The molecule has 0 bridgehead atoms. The van der Waals surface area contributed by atoms with Crippen LogP contribution in [0.5, 0.6) is 0 Å². The van der Waals surface area contributed by atoms with E-state index in [4.69, 9.17) is 4.74 Å². The lowest BCUT2D eigenvalue weighted by molar-refractivity contribution is -0.384. The molecule has 8 nitrogen and oxygen atoms in total. The van der Waals surface area contributed by atoms with Crippen LogP contribution in [-0.4, -0.2) is 64.5 Å². The van der Waals surface area contributed by atoms with Crippen molar-refractivity contribution in [3.63, 3.8) is 0 Å². The quantitative estimate of drug-likeness (QED) is 0.385. The molecule has 178 valence electrons. The first-order chi connectivity index (χ1) is 16.0. The molecule has 2 aromatic rings. The van der Waals surface area contributed by atoms with Crippen LogP contribution in [0.15, 0.2) is 24.4 Å². The third-order valence-corrected chi connectivity index (χ3v) is 8.22. The van der Waals surface area contributed by atoms with Gasteiger partial charge in [-0.15, -0.1) is 0 Å². The van der Waals surface area contributed by atoms with Crippen LogP contribution in [0.25, 0.3) is 10.9 Å². The normalized spacial score (nSPS) is 27.9. The van der Waals surface area contributed by atoms with Crippen LogP contribution in [0.2, 0.25) is 0 Å². The zero-order valence-electron chi connectivity index (χ0n) is 19.4. The number of fused-ring (bicyclic) bond motifs is 1. The fourth-order valence-corrected chi connectivity index (χ4v) is 6.85. The number of nitro benzene ring substituents is 1. The van der Waals surface area contributed by atoms with Gasteiger partial charge < -0.3 is 9.72 Å². The molecule has 4 atom stereocenters. The van der Waals surface area contributed by atoms with Crippen molar-refractivity contribution in [2.75, 3.05) is 26.7 Å². The summed E-state index contributed by atoms with van der Waals surface area (Å²) >= 11 is 0. The van der Waals surface area contributed by atoms with Crippen molar-refractivity contribution >= 4 is 22.6 Å². The first-order valence-corrected chi connectivity index (χ1v) is 12.3. The van der Waals surface area contributed by atoms with E-state index >= 15 is 0 Å². The fourth-order valence-electron chi connectivity index (χ4n) is 6.85. The predicted octanol–water partition coefficient (Wildman–Crippen LogP) is 4.09. The summed E-state index contributed by atoms with van der Waals surface area (Å²) < 4.78 is 4.88. The second-order valence-corrected chi connectivity index (χ2v) is 10.0. The van der Waals surface area contributed by atoms with Gasteiger partial charge in [0.2, 0.25) is 0 Å². The van der Waals surface area contributed by atoms with Crippen molar-refractivity contribution in [3.05, 3.63) is 40.1 Å². The SMILES string of the molecule is COC(=O)CCC[C@@H]1[C@H]2CCCN3CCC[C@H](CN1Cc1c[nH]c4ccc([N+](=O)[O-])cc14)[C@@H]23. The molecule has 0 spiro atoms. The first-order valence-electron chi connectivity index (χ1n) is 12.3. The monoisotopic (exact) mass is 454 g/mol. The van der Waals surface area contributed by atoms with Gasteiger partial charge in [0, 0.05) is 60.8 Å². The molecule has 3 aliphatic heterocycles. The number of aromatic nitrogens is 1. The van der Waals surface area contributed by atoms with Gasteiger partial charge in [0.1, 0.15) is 0 Å². The number of hydrogen-bond donors (Lipinski definition) is 1. The number of hydrogen-bond acceptors (Lipinski definition) is 6. The van der Waals surface area contributed by atoms with E-state index in [-0.39, 0.29) is 16.6 Å². The van der Waals surface area contributed by atoms with Gasteiger partial charge >= 0.3 is 5.97 Å². The summed E-state index contributed by atoms with van der Waals surface area (Å²) in [6, 6.07) is 6.14. The summed E-state index contributed by atoms with van der Waals surface area (Å²) in [5.41, 5.74) is 2.19. The molecule has 3 aliphatic rings. The minimum Gasteiger partial charge on any atom is -0.469 e. The van der Waals surface area contributed by atoms with E-state index < -0.39 is 0 Å². The Balaban J connectivity index is 1.42. The van der Waals surface area contributed by atoms with Crippen LogP contribution in [0, 0.1) is 22.0 Å². The molecule has 0 amide bonds. The summed E-state index contributed by atoms with van der Waals surface area (Å²) in [6.45, 7) is 4.28. The average molecular weight is 455 g/mol. The number of ether oxygens (including phenoxy) is 1. The van der Waals surface area contributed by atoms with E-state index in [0.717, 1.165) is 42.4 Å². The number of benzene rings is 1. The second-order valence-electron chi connectivity index (χ2n) is 10.0. The molecule has 5 rings (SSSR count). The number of nitrogens with one attached hydrogen (secondary N) is 1. The van der Waals surface area contributed by atoms with Crippen molar-refractivity contribution in [2.24, 2.45) is 11.8 Å². The summed E-state index contributed by atoms with van der Waals surface area (Å²) in [5.74, 6) is 1.16. The molecule has 3 saturated heterocycles. The van der Waals surface area contributed by atoms with Crippen LogP contribution in [-0.2, 0) is 16.1 Å². The molecule has 4 heterocycles. The smallest absolute Gasteiger partial charge is 0.305 e. The minimum absolute atomic E-state index is 0.131. The number of carbonyl (C=O) groups excluding carboxylic acids is 1. The number of nitrogens with zero attached hydrogens (tertiary/aromatic N) is 3. The number of esters is 1. The fraction of sp³-hybridized carbons (Fsp3) is 0.640. The van der Waals surface area contributed by atoms with Gasteiger partial charge in [0.25, 0.3) is 5.69 Å². The number of nitro groups is 1. The predicted molar refractivity (Wildman–Crippen MR) is 126 cm³/mol. The number of piperidine rings is 3. The van der Waals surface area contributed by atoms with E-state index in [1.165, 1.54) is 45.9 Å². The van der Waals surface area contributed by atoms with Crippen molar-refractivity contribution in [2.45, 2.75) is 63.6 Å². The van der Waals surface area contributed by atoms with Gasteiger partial charge in [0.05, 0.1) is 12.0 Å². The Hall–Kier alpha value is -2.45. The number of likely N-dealkylation sites (tertiary alicyclic amines) is 1. The highest BCUT2D eigenvalue weighted by Gasteiger charge is 2.48. The van der Waals surface area contributed by atoms with Crippen molar-refractivity contribution in [3.8, 4) is 0 Å². The molecule has 33 heavy (non-hydrogen) atoms. The molecular formula is C25H34N4O4. The maximum Gasteiger partial charge on any atom is 0.305 e. The number of carbonyl (C=O) groups is 1. The Bertz CT molecular complexity index is 1020. The summed E-state index contributed by atoms with van der Waals surface area (Å²) in [6.07, 6.45) is 9.34. The largest absolute Gasteiger partial charge is 0.469 e. The lowest BCUT2D eigenvalue weighted by Gasteiger charge is -2.57. The summed E-state index contributed by atoms with van der Waals surface area (Å²) in [4.78, 5) is 31.4. The Kier molecular flexibility index (Phi) is 6.38. The molecule has 1 aromatic carbocycles. The Morgan fingerprint density at radius 1 is 1.27 bits per heavy atom. The zero-order chi connectivity index (χ0) is 22.9. The van der Waals surface area contributed by atoms with E-state index in [1.807, 2.05) is 6.20 Å². The molecule has 0 radical (unpaired) electrons. The van der Waals surface area contributed by atoms with E-state index in [9.17, 15) is 14.9 Å². The van der Waals surface area contributed by atoms with E-state index in [0.29, 0.717) is 30.3 Å². The highest BCUT2D eigenvalue weighted by molar-refractivity contribution is 5.85. The third-order valence-electron chi connectivity index (χ3n) is 8.22. The van der Waals surface area contributed by atoms with Crippen LogP contribution >= 0.6 is 0 Å². The van der Waals surface area contributed by atoms with Gasteiger partial charge in [-0.25, -0.2) is 0 Å². The Morgan fingerprint density at radius 2 is 2.09 bits per heavy atom. The van der Waals surface area contributed by atoms with Crippen LogP contribution in [0.1, 0.15) is 50.5 Å². The molecule has 0 unspecified atom stereocenters. The third kappa shape index (κ3) is 4.38. The Morgan fingerprint density at radius 3 is 2.88 bits per heavy atom. The number of rotatable bonds is 7. The molecule has 0 aliphatic carbocycles. The molecule has 3 fully saturated rings. The van der Waals surface area contributed by atoms with E-state index in [2.05, 4.69) is 14.8 Å². The lowest BCUT2D eigenvalue weighted by Crippen LogP contribution is -2.64. The maximum atomic E-state index is 11.8. The van der Waals surface area contributed by atoms with Crippen molar-refractivity contribution in [1.82, 2.24) is 14.8 Å². The highest BCUT2D eigenvalue weighted by atomic mass is 16.6. The second kappa shape index (κ2) is 9.43. The van der Waals surface area contributed by atoms with Crippen LogP contribution < -0.4 is 0 Å². The van der Waals surface area contributed by atoms with Crippen molar-refractivity contribution in [1.29, 1.82) is 0 Å². The summed E-state index contributed by atoms with van der Waals surface area (Å²) in [5, 5.41) is 12.3.